The van der Waals surface area contributed by atoms with Crippen molar-refractivity contribution in [2.45, 2.75) is 12.5 Å². The van der Waals surface area contributed by atoms with Crippen LogP contribution in [0.15, 0.2) is 36.4 Å². The SMILES string of the molecule is O=[N+]([O-])c1c(F)cccc1OC(O)c1cccc(C(F)(F)F)c1F. The van der Waals surface area contributed by atoms with Gasteiger partial charge in [0.2, 0.25) is 17.9 Å². The van der Waals surface area contributed by atoms with Crippen LogP contribution in [0.3, 0.4) is 0 Å². The van der Waals surface area contributed by atoms with Crippen LogP contribution in [0.2, 0.25) is 0 Å². The van der Waals surface area contributed by atoms with Crippen LogP contribution in [0.25, 0.3) is 0 Å². The van der Waals surface area contributed by atoms with E-state index in [4.69, 9.17) is 0 Å². The summed E-state index contributed by atoms with van der Waals surface area (Å²) in [7, 11) is 0. The van der Waals surface area contributed by atoms with Crippen LogP contribution in [0.4, 0.5) is 27.6 Å². The normalized spacial score (nSPS) is 12.8. The standard InChI is InChI=1S/C14H8F5NO4/c15-9-5-2-6-10(12(9)20(22)23)24-13(21)7-3-1-4-8(11(7)16)14(17,18)19/h1-6,13,21H. The molecule has 0 fully saturated rings. The van der Waals surface area contributed by atoms with E-state index in [1.165, 1.54) is 0 Å². The van der Waals surface area contributed by atoms with Crippen molar-refractivity contribution in [2.24, 2.45) is 0 Å². The molecule has 0 heterocycles. The fraction of sp³-hybridized carbons (Fsp3) is 0.143. The van der Waals surface area contributed by atoms with Crippen LogP contribution in [-0.2, 0) is 6.18 Å². The van der Waals surface area contributed by atoms with Crippen molar-refractivity contribution >= 4 is 5.69 Å². The lowest BCUT2D eigenvalue weighted by Gasteiger charge is -2.17. The summed E-state index contributed by atoms with van der Waals surface area (Å²) in [6.07, 6.45) is -7.32. The molecule has 2 aromatic carbocycles. The zero-order valence-electron chi connectivity index (χ0n) is 11.6. The van der Waals surface area contributed by atoms with Crippen molar-refractivity contribution in [3.8, 4) is 5.75 Å². The first kappa shape index (κ1) is 17.6. The highest BCUT2D eigenvalue weighted by Gasteiger charge is 2.36. The molecule has 1 unspecified atom stereocenters. The number of nitro benzene ring substituents is 1. The lowest BCUT2D eigenvalue weighted by atomic mass is 10.1. The zero-order chi connectivity index (χ0) is 18.1. The van der Waals surface area contributed by atoms with Gasteiger partial charge in [0.25, 0.3) is 0 Å². The second-order valence-corrected chi connectivity index (χ2v) is 4.52. The van der Waals surface area contributed by atoms with Gasteiger partial charge in [-0.2, -0.15) is 17.6 Å². The number of benzene rings is 2. The van der Waals surface area contributed by atoms with Crippen molar-refractivity contribution in [1.82, 2.24) is 0 Å². The minimum Gasteiger partial charge on any atom is -0.453 e. The lowest BCUT2D eigenvalue weighted by Crippen LogP contribution is -2.15. The molecule has 0 amide bonds. The number of hydrogen-bond donors (Lipinski definition) is 1. The summed E-state index contributed by atoms with van der Waals surface area (Å²) in [4.78, 5) is 9.66. The summed E-state index contributed by atoms with van der Waals surface area (Å²) in [5.41, 5.74) is -3.68. The highest BCUT2D eigenvalue weighted by atomic mass is 19.4. The number of hydrogen-bond acceptors (Lipinski definition) is 4. The Bertz CT molecular complexity index is 778. The first-order valence-corrected chi connectivity index (χ1v) is 6.26. The predicted octanol–water partition coefficient (Wildman–Crippen LogP) is 3.96. The Balaban J connectivity index is 2.41. The summed E-state index contributed by atoms with van der Waals surface area (Å²) in [5.74, 6) is -3.84. The van der Waals surface area contributed by atoms with E-state index in [9.17, 15) is 37.2 Å². The molecule has 0 bridgehead atoms. The molecule has 128 valence electrons. The molecule has 5 nitrogen and oxygen atoms in total. The maximum absolute atomic E-state index is 13.9. The van der Waals surface area contributed by atoms with E-state index < -0.39 is 51.6 Å². The van der Waals surface area contributed by atoms with E-state index >= 15 is 0 Å². The van der Waals surface area contributed by atoms with Crippen LogP contribution < -0.4 is 4.74 Å². The summed E-state index contributed by atoms with van der Waals surface area (Å²) < 4.78 is 69.9. The van der Waals surface area contributed by atoms with E-state index in [0.717, 1.165) is 30.3 Å². The summed E-state index contributed by atoms with van der Waals surface area (Å²) in [5, 5.41) is 20.6. The minimum absolute atomic E-state index is 0.455. The maximum atomic E-state index is 13.9. The Kier molecular flexibility index (Phi) is 4.69. The molecule has 0 aromatic heterocycles. The van der Waals surface area contributed by atoms with Gasteiger partial charge < -0.3 is 9.84 Å². The minimum atomic E-state index is -5.01. The van der Waals surface area contributed by atoms with Crippen LogP contribution in [0, 0.1) is 21.7 Å². The Labute approximate surface area is 131 Å². The van der Waals surface area contributed by atoms with Gasteiger partial charge in [-0.3, -0.25) is 10.1 Å². The van der Waals surface area contributed by atoms with E-state index in [1.54, 1.807) is 0 Å². The number of nitrogens with zero attached hydrogens (tertiary/aromatic N) is 1. The van der Waals surface area contributed by atoms with Crippen molar-refractivity contribution in [1.29, 1.82) is 0 Å². The van der Waals surface area contributed by atoms with Crippen LogP contribution >= 0.6 is 0 Å². The Morgan fingerprint density at radius 3 is 2.33 bits per heavy atom. The number of alkyl halides is 3. The first-order valence-electron chi connectivity index (χ1n) is 6.26. The molecular formula is C14H8F5NO4. The quantitative estimate of drug-likeness (QED) is 0.392. The molecule has 2 aromatic rings. The maximum Gasteiger partial charge on any atom is 0.419 e. The smallest absolute Gasteiger partial charge is 0.419 e. The molecule has 10 heteroatoms. The lowest BCUT2D eigenvalue weighted by molar-refractivity contribution is -0.389. The number of ether oxygens (including phenoxy) is 1. The van der Waals surface area contributed by atoms with Crippen molar-refractivity contribution in [3.05, 3.63) is 69.3 Å². The molecule has 0 saturated heterocycles. The predicted molar refractivity (Wildman–Crippen MR) is 70.0 cm³/mol. The van der Waals surface area contributed by atoms with Gasteiger partial charge in [0.1, 0.15) is 5.82 Å². The molecule has 1 N–H and O–H groups in total. The summed E-state index contributed by atoms with van der Waals surface area (Å²) >= 11 is 0. The highest BCUT2D eigenvalue weighted by molar-refractivity contribution is 5.47. The summed E-state index contributed by atoms with van der Waals surface area (Å²) in [6, 6.07) is 4.77. The van der Waals surface area contributed by atoms with Crippen molar-refractivity contribution in [2.75, 3.05) is 0 Å². The summed E-state index contributed by atoms with van der Waals surface area (Å²) in [6.45, 7) is 0. The molecule has 0 aliphatic heterocycles. The van der Waals surface area contributed by atoms with E-state index in [2.05, 4.69) is 4.74 Å². The first-order chi connectivity index (χ1) is 11.1. The fourth-order valence-corrected chi connectivity index (χ4v) is 1.91. The third-order valence-electron chi connectivity index (χ3n) is 2.97. The number of rotatable bonds is 4. The molecule has 0 radical (unpaired) electrons. The number of aliphatic hydroxyl groups is 1. The second kappa shape index (κ2) is 6.40. The Morgan fingerprint density at radius 1 is 1.12 bits per heavy atom. The van der Waals surface area contributed by atoms with E-state index in [0.29, 0.717) is 6.07 Å². The molecule has 1 atom stereocenters. The monoisotopic (exact) mass is 349 g/mol. The topological polar surface area (TPSA) is 72.6 Å². The van der Waals surface area contributed by atoms with Crippen molar-refractivity contribution < 1.29 is 36.7 Å². The fourth-order valence-electron chi connectivity index (χ4n) is 1.91. The molecule has 24 heavy (non-hydrogen) atoms. The van der Waals surface area contributed by atoms with Gasteiger partial charge >= 0.3 is 11.9 Å². The average Bonchev–Trinajstić information content (AvgIpc) is 2.45. The van der Waals surface area contributed by atoms with Gasteiger partial charge in [0, 0.05) is 0 Å². The molecule has 0 spiro atoms. The third kappa shape index (κ3) is 3.43. The Hall–Kier alpha value is -2.75. The van der Waals surface area contributed by atoms with Gasteiger partial charge in [0.05, 0.1) is 16.1 Å². The van der Waals surface area contributed by atoms with Crippen LogP contribution in [-0.4, -0.2) is 10.0 Å². The van der Waals surface area contributed by atoms with Gasteiger partial charge in [-0.1, -0.05) is 12.1 Å². The van der Waals surface area contributed by atoms with Crippen LogP contribution in [0.5, 0.6) is 5.75 Å². The molecular weight excluding hydrogens is 341 g/mol. The molecule has 0 aliphatic carbocycles. The van der Waals surface area contributed by atoms with E-state index in [-0.39, 0.29) is 0 Å². The number of aliphatic hydroxyl groups excluding tert-OH is 1. The molecule has 0 aliphatic rings. The van der Waals surface area contributed by atoms with Crippen molar-refractivity contribution in [3.63, 3.8) is 0 Å². The third-order valence-corrected chi connectivity index (χ3v) is 2.97. The largest absolute Gasteiger partial charge is 0.453 e. The van der Waals surface area contributed by atoms with Gasteiger partial charge in [0.15, 0.2) is 0 Å². The Morgan fingerprint density at radius 2 is 1.75 bits per heavy atom. The number of halogens is 5. The molecule has 0 saturated carbocycles. The second-order valence-electron chi connectivity index (χ2n) is 4.52. The highest BCUT2D eigenvalue weighted by Crippen LogP contribution is 2.36. The van der Waals surface area contributed by atoms with Crippen LogP contribution in [0.1, 0.15) is 17.4 Å². The number of para-hydroxylation sites is 1. The number of nitro groups is 1. The molecule has 2 rings (SSSR count). The zero-order valence-corrected chi connectivity index (χ0v) is 11.6. The van der Waals surface area contributed by atoms with Gasteiger partial charge in [-0.05, 0) is 24.3 Å². The van der Waals surface area contributed by atoms with Gasteiger partial charge in [-0.25, -0.2) is 4.39 Å². The average molecular weight is 349 g/mol. The van der Waals surface area contributed by atoms with Gasteiger partial charge in [-0.15, -0.1) is 0 Å². The van der Waals surface area contributed by atoms with E-state index in [1.807, 2.05) is 0 Å².